The first-order chi connectivity index (χ1) is 8.81. The standard InChI is InChI=1S/C16H26N2O/c1-12-5-4-6-13(14(12)17)18-11-16(19)9-7-15(2,3)8-10-16/h4-6,18-19H,7-11,17H2,1-3H3. The Morgan fingerprint density at radius 3 is 2.47 bits per heavy atom. The summed E-state index contributed by atoms with van der Waals surface area (Å²) < 4.78 is 0. The first-order valence-electron chi connectivity index (χ1n) is 7.13. The maximum absolute atomic E-state index is 10.6. The summed E-state index contributed by atoms with van der Waals surface area (Å²) >= 11 is 0. The van der Waals surface area contributed by atoms with E-state index in [1.165, 1.54) is 0 Å². The smallest absolute Gasteiger partial charge is 0.0819 e. The molecule has 1 fully saturated rings. The molecule has 0 bridgehead atoms. The van der Waals surface area contributed by atoms with Crippen molar-refractivity contribution in [3.63, 3.8) is 0 Å². The van der Waals surface area contributed by atoms with Gasteiger partial charge in [-0.25, -0.2) is 0 Å². The fraction of sp³-hybridized carbons (Fsp3) is 0.625. The van der Waals surface area contributed by atoms with Crippen LogP contribution in [-0.4, -0.2) is 17.3 Å². The highest BCUT2D eigenvalue weighted by Gasteiger charge is 2.36. The van der Waals surface area contributed by atoms with Crippen LogP contribution in [0.3, 0.4) is 0 Å². The third-order valence-electron chi connectivity index (χ3n) is 4.47. The van der Waals surface area contributed by atoms with Crippen molar-refractivity contribution >= 4 is 11.4 Å². The molecular formula is C16H26N2O. The van der Waals surface area contributed by atoms with Crippen molar-refractivity contribution in [3.8, 4) is 0 Å². The number of nitrogens with two attached hydrogens (primary N) is 1. The highest BCUT2D eigenvalue weighted by molar-refractivity contribution is 5.69. The Bertz CT molecular complexity index is 444. The van der Waals surface area contributed by atoms with E-state index in [0.29, 0.717) is 12.0 Å². The Morgan fingerprint density at radius 2 is 1.84 bits per heavy atom. The van der Waals surface area contributed by atoms with E-state index in [-0.39, 0.29) is 0 Å². The van der Waals surface area contributed by atoms with Gasteiger partial charge >= 0.3 is 0 Å². The molecule has 0 unspecified atom stereocenters. The number of nitrogen functional groups attached to an aromatic ring is 1. The van der Waals surface area contributed by atoms with E-state index in [2.05, 4.69) is 19.2 Å². The van der Waals surface area contributed by atoms with E-state index in [9.17, 15) is 5.11 Å². The van der Waals surface area contributed by atoms with E-state index in [0.717, 1.165) is 42.6 Å². The van der Waals surface area contributed by atoms with Crippen LogP contribution in [0.15, 0.2) is 18.2 Å². The maximum atomic E-state index is 10.6. The van der Waals surface area contributed by atoms with Crippen LogP contribution in [0, 0.1) is 12.3 Å². The van der Waals surface area contributed by atoms with E-state index >= 15 is 0 Å². The van der Waals surface area contributed by atoms with Crippen LogP contribution in [0.1, 0.15) is 45.1 Å². The number of aryl methyl sites for hydroxylation is 1. The number of para-hydroxylation sites is 1. The third kappa shape index (κ3) is 3.41. The normalized spacial score (nSPS) is 21.1. The average Bonchev–Trinajstić information content (AvgIpc) is 2.36. The molecule has 3 nitrogen and oxygen atoms in total. The molecular weight excluding hydrogens is 236 g/mol. The van der Waals surface area contributed by atoms with Crippen molar-refractivity contribution in [3.05, 3.63) is 23.8 Å². The molecule has 1 aromatic rings. The van der Waals surface area contributed by atoms with Gasteiger partial charge in [0.25, 0.3) is 0 Å². The fourth-order valence-electron chi connectivity index (χ4n) is 2.66. The Kier molecular flexibility index (Phi) is 3.77. The molecule has 0 heterocycles. The summed E-state index contributed by atoms with van der Waals surface area (Å²) in [6.07, 6.45) is 3.88. The lowest BCUT2D eigenvalue weighted by Gasteiger charge is -2.40. The molecule has 0 aliphatic heterocycles. The van der Waals surface area contributed by atoms with Crippen LogP contribution in [0.4, 0.5) is 11.4 Å². The highest BCUT2D eigenvalue weighted by Crippen LogP contribution is 2.40. The van der Waals surface area contributed by atoms with Gasteiger partial charge in [0.05, 0.1) is 17.0 Å². The minimum atomic E-state index is -0.592. The van der Waals surface area contributed by atoms with Gasteiger partial charge in [-0.2, -0.15) is 0 Å². The number of benzene rings is 1. The first kappa shape index (κ1) is 14.2. The second-order valence-electron chi connectivity index (χ2n) is 6.78. The van der Waals surface area contributed by atoms with E-state index in [1.54, 1.807) is 0 Å². The van der Waals surface area contributed by atoms with Gasteiger partial charge < -0.3 is 16.2 Å². The number of anilines is 2. The predicted octanol–water partition coefficient (Wildman–Crippen LogP) is 3.32. The zero-order chi connectivity index (χ0) is 14.1. The monoisotopic (exact) mass is 262 g/mol. The van der Waals surface area contributed by atoms with Crippen molar-refractivity contribution in [1.29, 1.82) is 0 Å². The lowest BCUT2D eigenvalue weighted by molar-refractivity contribution is -0.0145. The predicted molar refractivity (Wildman–Crippen MR) is 81.3 cm³/mol. The summed E-state index contributed by atoms with van der Waals surface area (Å²) in [5.74, 6) is 0. The van der Waals surface area contributed by atoms with Crippen LogP contribution >= 0.6 is 0 Å². The summed E-state index contributed by atoms with van der Waals surface area (Å²) in [5.41, 5.74) is 8.60. The SMILES string of the molecule is Cc1cccc(NCC2(O)CCC(C)(C)CC2)c1N. The maximum Gasteiger partial charge on any atom is 0.0819 e. The van der Waals surface area contributed by atoms with Crippen molar-refractivity contribution in [2.24, 2.45) is 5.41 Å². The summed E-state index contributed by atoms with van der Waals surface area (Å²) in [4.78, 5) is 0. The summed E-state index contributed by atoms with van der Waals surface area (Å²) in [7, 11) is 0. The summed E-state index contributed by atoms with van der Waals surface area (Å²) in [6, 6.07) is 5.96. The lowest BCUT2D eigenvalue weighted by atomic mass is 9.71. The Morgan fingerprint density at radius 1 is 1.21 bits per heavy atom. The molecule has 0 atom stereocenters. The van der Waals surface area contributed by atoms with Crippen molar-refractivity contribution in [2.45, 2.75) is 52.1 Å². The molecule has 1 aliphatic carbocycles. The number of hydrogen-bond acceptors (Lipinski definition) is 3. The van der Waals surface area contributed by atoms with E-state index in [1.807, 2.05) is 25.1 Å². The van der Waals surface area contributed by atoms with E-state index < -0.39 is 5.60 Å². The lowest BCUT2D eigenvalue weighted by Crippen LogP contribution is -2.42. The molecule has 0 radical (unpaired) electrons. The third-order valence-corrected chi connectivity index (χ3v) is 4.47. The Balaban J connectivity index is 1.97. The second-order valence-corrected chi connectivity index (χ2v) is 6.78. The molecule has 2 rings (SSSR count). The number of aliphatic hydroxyl groups is 1. The molecule has 0 amide bonds. The Labute approximate surface area is 116 Å². The molecule has 4 N–H and O–H groups in total. The quantitative estimate of drug-likeness (QED) is 0.732. The largest absolute Gasteiger partial charge is 0.397 e. The van der Waals surface area contributed by atoms with Crippen LogP contribution < -0.4 is 11.1 Å². The van der Waals surface area contributed by atoms with Gasteiger partial charge in [-0.3, -0.25) is 0 Å². The molecule has 0 aromatic heterocycles. The first-order valence-corrected chi connectivity index (χ1v) is 7.13. The molecule has 3 heteroatoms. The molecule has 0 saturated heterocycles. The van der Waals surface area contributed by atoms with E-state index in [4.69, 9.17) is 5.73 Å². The number of nitrogens with one attached hydrogen (secondary N) is 1. The van der Waals surface area contributed by atoms with Crippen LogP contribution in [0.25, 0.3) is 0 Å². The topological polar surface area (TPSA) is 58.3 Å². The molecule has 0 spiro atoms. The van der Waals surface area contributed by atoms with Crippen LogP contribution in [-0.2, 0) is 0 Å². The highest BCUT2D eigenvalue weighted by atomic mass is 16.3. The van der Waals surface area contributed by atoms with Gasteiger partial charge in [-0.1, -0.05) is 26.0 Å². The Hall–Kier alpha value is -1.22. The molecule has 1 saturated carbocycles. The van der Waals surface area contributed by atoms with Gasteiger partial charge in [0.1, 0.15) is 0 Å². The van der Waals surface area contributed by atoms with Crippen molar-refractivity contribution in [2.75, 3.05) is 17.6 Å². The number of hydrogen-bond donors (Lipinski definition) is 3. The fourth-order valence-corrected chi connectivity index (χ4v) is 2.66. The van der Waals surface area contributed by atoms with Crippen molar-refractivity contribution < 1.29 is 5.11 Å². The second kappa shape index (κ2) is 5.04. The van der Waals surface area contributed by atoms with Gasteiger partial charge in [0.15, 0.2) is 0 Å². The zero-order valence-corrected chi connectivity index (χ0v) is 12.3. The van der Waals surface area contributed by atoms with Gasteiger partial charge in [-0.15, -0.1) is 0 Å². The molecule has 19 heavy (non-hydrogen) atoms. The minimum absolute atomic E-state index is 0.370. The molecule has 106 valence electrons. The van der Waals surface area contributed by atoms with Gasteiger partial charge in [0.2, 0.25) is 0 Å². The number of rotatable bonds is 3. The van der Waals surface area contributed by atoms with Crippen LogP contribution in [0.2, 0.25) is 0 Å². The zero-order valence-electron chi connectivity index (χ0n) is 12.3. The van der Waals surface area contributed by atoms with Crippen LogP contribution in [0.5, 0.6) is 0 Å². The molecule has 1 aromatic carbocycles. The minimum Gasteiger partial charge on any atom is -0.397 e. The van der Waals surface area contributed by atoms with Crippen molar-refractivity contribution in [1.82, 2.24) is 0 Å². The average molecular weight is 262 g/mol. The summed E-state index contributed by atoms with van der Waals surface area (Å²) in [6.45, 7) is 7.13. The molecule has 1 aliphatic rings. The van der Waals surface area contributed by atoms with Gasteiger partial charge in [-0.05, 0) is 49.7 Å². The van der Waals surface area contributed by atoms with Gasteiger partial charge in [0, 0.05) is 6.54 Å². The summed E-state index contributed by atoms with van der Waals surface area (Å²) in [5, 5.41) is 13.9.